The molecule has 2 aromatic rings. The minimum Gasteiger partial charge on any atom is -0.334 e. The van der Waals surface area contributed by atoms with Crippen LogP contribution >= 0.6 is 43.6 Å². The van der Waals surface area contributed by atoms with Gasteiger partial charge < -0.3 is 4.90 Å². The Morgan fingerprint density at radius 1 is 1.12 bits per heavy atom. The lowest BCUT2D eigenvalue weighted by atomic mass is 10.1. The molecule has 2 aliphatic heterocycles. The van der Waals surface area contributed by atoms with E-state index in [-0.39, 0.29) is 5.78 Å². The number of carbonyl (C=O) groups is 1. The highest BCUT2D eigenvalue weighted by Gasteiger charge is 2.33. The molecule has 120 valence electrons. The number of rotatable bonds is 3. The van der Waals surface area contributed by atoms with Crippen LogP contribution < -0.4 is 0 Å². The predicted octanol–water partition coefficient (Wildman–Crippen LogP) is 5.45. The summed E-state index contributed by atoms with van der Waals surface area (Å²) in [5, 5.41) is 3.18. The van der Waals surface area contributed by atoms with Gasteiger partial charge in [0.2, 0.25) is 0 Å². The van der Waals surface area contributed by atoms with Gasteiger partial charge in [0.05, 0.1) is 10.7 Å². The molecule has 0 unspecified atom stereocenters. The lowest BCUT2D eigenvalue weighted by Crippen LogP contribution is -2.12. The Balaban J connectivity index is 1.64. The smallest absolute Gasteiger partial charge is 0.193 e. The molecule has 0 aliphatic carbocycles. The maximum Gasteiger partial charge on any atom is 0.193 e. The van der Waals surface area contributed by atoms with Gasteiger partial charge in [0.25, 0.3) is 0 Å². The highest BCUT2D eigenvalue weighted by molar-refractivity contribution is 9.10. The first-order chi connectivity index (χ1) is 11.6. The van der Waals surface area contributed by atoms with Crippen LogP contribution in [-0.2, 0) is 0 Å². The average Bonchev–Trinajstić information content (AvgIpc) is 3.17. The van der Waals surface area contributed by atoms with E-state index < -0.39 is 0 Å². The summed E-state index contributed by atoms with van der Waals surface area (Å²) in [5.41, 5.74) is 3.84. The summed E-state index contributed by atoms with van der Waals surface area (Å²) in [5.74, 6) is 0.0688. The summed E-state index contributed by atoms with van der Waals surface area (Å²) in [6.45, 7) is 0.840. The summed E-state index contributed by atoms with van der Waals surface area (Å²) in [7, 11) is 0. The van der Waals surface area contributed by atoms with Crippen molar-refractivity contribution >= 4 is 55.1 Å². The number of thioether (sulfide) groups is 1. The normalized spacial score (nSPS) is 16.4. The van der Waals surface area contributed by atoms with E-state index in [1.807, 2.05) is 18.2 Å². The van der Waals surface area contributed by atoms with Crippen molar-refractivity contribution in [1.29, 1.82) is 0 Å². The quantitative estimate of drug-likeness (QED) is 0.566. The van der Waals surface area contributed by atoms with E-state index >= 15 is 0 Å². The topological polar surface area (TPSA) is 33.2 Å². The Morgan fingerprint density at radius 3 is 2.67 bits per heavy atom. The van der Waals surface area contributed by atoms with E-state index in [1.165, 1.54) is 5.56 Å². The first kappa shape index (κ1) is 16.1. The monoisotopic (exact) mass is 462 g/mol. The van der Waals surface area contributed by atoms with Crippen LogP contribution in [0, 0.1) is 0 Å². The molecule has 0 fully saturated rings. The standard InChI is InChI=1S/C18H12Br2N2OS/c19-13-3-1-11(2-4-13)16-10-24-18-15(5-6-22(16)18)17(23)12-7-14(20)9-21-8-12/h1-4,7-10H,5-6H2. The minimum atomic E-state index is 0.0688. The summed E-state index contributed by atoms with van der Waals surface area (Å²) < 4.78 is 1.88. The van der Waals surface area contributed by atoms with Crippen molar-refractivity contribution in [1.82, 2.24) is 9.88 Å². The molecule has 2 aliphatic rings. The number of pyridine rings is 1. The maximum atomic E-state index is 12.8. The molecular weight excluding hydrogens is 452 g/mol. The number of hydrogen-bond donors (Lipinski definition) is 0. The molecule has 0 bridgehead atoms. The van der Waals surface area contributed by atoms with E-state index in [4.69, 9.17) is 0 Å². The molecular formula is C18H12Br2N2OS. The molecule has 0 saturated carbocycles. The molecule has 0 radical (unpaired) electrons. The Labute approximate surface area is 161 Å². The molecule has 0 spiro atoms. The lowest BCUT2D eigenvalue weighted by Gasteiger charge is -2.18. The molecule has 1 aromatic heterocycles. The van der Waals surface area contributed by atoms with Gasteiger partial charge in [-0.05, 0) is 46.1 Å². The summed E-state index contributed by atoms with van der Waals surface area (Å²) >= 11 is 8.48. The van der Waals surface area contributed by atoms with E-state index in [0.717, 1.165) is 38.2 Å². The summed E-state index contributed by atoms with van der Waals surface area (Å²) in [4.78, 5) is 19.2. The minimum absolute atomic E-state index is 0.0688. The second kappa shape index (κ2) is 6.50. The fraction of sp³-hybridized carbons (Fsp3) is 0.111. The number of nitrogens with zero attached hydrogens (tertiary/aromatic N) is 2. The van der Waals surface area contributed by atoms with E-state index in [0.29, 0.717) is 5.56 Å². The third kappa shape index (κ3) is 2.87. The van der Waals surface area contributed by atoms with Crippen LogP contribution in [0.5, 0.6) is 0 Å². The summed E-state index contributed by atoms with van der Waals surface area (Å²) in [6.07, 6.45) is 4.08. The number of ketones is 1. The van der Waals surface area contributed by atoms with E-state index in [9.17, 15) is 4.79 Å². The fourth-order valence-electron chi connectivity index (χ4n) is 2.90. The Kier molecular flexibility index (Phi) is 4.37. The average molecular weight is 464 g/mol. The second-order valence-electron chi connectivity index (χ2n) is 5.53. The van der Waals surface area contributed by atoms with Gasteiger partial charge in [-0.15, -0.1) is 0 Å². The van der Waals surface area contributed by atoms with Crippen molar-refractivity contribution in [2.24, 2.45) is 0 Å². The lowest BCUT2D eigenvalue weighted by molar-refractivity contribution is 0.103. The van der Waals surface area contributed by atoms with Crippen molar-refractivity contribution in [2.75, 3.05) is 6.54 Å². The van der Waals surface area contributed by atoms with Crippen LogP contribution in [0.25, 0.3) is 5.70 Å². The van der Waals surface area contributed by atoms with Crippen LogP contribution in [0.3, 0.4) is 0 Å². The molecule has 6 heteroatoms. The molecule has 1 aromatic carbocycles. The summed E-state index contributed by atoms with van der Waals surface area (Å²) in [6, 6.07) is 10.1. The van der Waals surface area contributed by atoms with Gasteiger partial charge in [0.15, 0.2) is 5.78 Å². The first-order valence-electron chi connectivity index (χ1n) is 7.42. The highest BCUT2D eigenvalue weighted by atomic mass is 79.9. The van der Waals surface area contributed by atoms with Gasteiger partial charge in [0.1, 0.15) is 0 Å². The van der Waals surface area contributed by atoms with Crippen LogP contribution in [0.1, 0.15) is 22.3 Å². The number of Topliss-reactive ketones (excluding diaryl/α,β-unsaturated/α-hetero) is 1. The van der Waals surface area contributed by atoms with E-state index in [2.05, 4.69) is 59.3 Å². The zero-order chi connectivity index (χ0) is 16.7. The number of benzene rings is 1. The van der Waals surface area contributed by atoms with Crippen LogP contribution in [0.15, 0.2) is 67.7 Å². The van der Waals surface area contributed by atoms with Crippen molar-refractivity contribution in [3.8, 4) is 0 Å². The largest absolute Gasteiger partial charge is 0.334 e. The predicted molar refractivity (Wildman–Crippen MR) is 104 cm³/mol. The molecule has 3 heterocycles. The number of carbonyl (C=O) groups excluding carboxylic acids is 1. The first-order valence-corrected chi connectivity index (χ1v) is 9.89. The van der Waals surface area contributed by atoms with Crippen LogP contribution in [-0.4, -0.2) is 22.2 Å². The molecule has 0 saturated heterocycles. The van der Waals surface area contributed by atoms with Crippen LogP contribution in [0.2, 0.25) is 0 Å². The van der Waals surface area contributed by atoms with E-state index in [1.54, 1.807) is 24.2 Å². The molecule has 3 nitrogen and oxygen atoms in total. The maximum absolute atomic E-state index is 12.8. The van der Waals surface area contributed by atoms with Gasteiger partial charge in [-0.25, -0.2) is 0 Å². The molecule has 0 atom stereocenters. The van der Waals surface area contributed by atoms with Gasteiger partial charge in [-0.2, -0.15) is 0 Å². The van der Waals surface area contributed by atoms with Gasteiger partial charge in [-0.3, -0.25) is 9.78 Å². The third-order valence-corrected chi connectivity index (χ3v) is 6.04. The van der Waals surface area contributed by atoms with Crippen molar-refractivity contribution in [3.63, 3.8) is 0 Å². The molecule has 0 N–H and O–H groups in total. The van der Waals surface area contributed by atoms with Crippen molar-refractivity contribution in [2.45, 2.75) is 6.42 Å². The zero-order valence-electron chi connectivity index (χ0n) is 12.5. The Hall–Kier alpha value is -1.37. The van der Waals surface area contributed by atoms with Crippen molar-refractivity contribution < 1.29 is 4.79 Å². The number of aromatic nitrogens is 1. The third-order valence-electron chi connectivity index (χ3n) is 4.04. The highest BCUT2D eigenvalue weighted by Crippen LogP contribution is 2.46. The molecule has 24 heavy (non-hydrogen) atoms. The fourth-order valence-corrected chi connectivity index (χ4v) is 4.67. The molecule has 4 rings (SSSR count). The van der Waals surface area contributed by atoms with Crippen LogP contribution in [0.4, 0.5) is 0 Å². The number of fused-ring (bicyclic) bond motifs is 1. The van der Waals surface area contributed by atoms with Crippen molar-refractivity contribution in [3.05, 3.63) is 78.8 Å². The van der Waals surface area contributed by atoms with Gasteiger partial charge >= 0.3 is 0 Å². The Morgan fingerprint density at radius 2 is 1.92 bits per heavy atom. The number of hydrogen-bond acceptors (Lipinski definition) is 4. The van der Waals surface area contributed by atoms with Gasteiger partial charge in [0, 0.05) is 44.4 Å². The van der Waals surface area contributed by atoms with Gasteiger partial charge in [-0.1, -0.05) is 39.8 Å². The zero-order valence-corrected chi connectivity index (χ0v) is 16.5. The SMILES string of the molecule is O=C(C1=C2SC=C(c3ccc(Br)cc3)N2CC1)c1cncc(Br)c1. The number of halogens is 2. The Bertz CT molecular complexity index is 890. The molecule has 0 amide bonds. The second-order valence-corrected chi connectivity index (χ2v) is 8.22.